The largest absolute Gasteiger partial charge is 0.399 e. The summed E-state index contributed by atoms with van der Waals surface area (Å²) in [6, 6.07) is 3.07. The van der Waals surface area contributed by atoms with E-state index in [1.807, 2.05) is 0 Å². The van der Waals surface area contributed by atoms with Crippen molar-refractivity contribution >= 4 is 15.7 Å². The van der Waals surface area contributed by atoms with Crippen LogP contribution in [-0.2, 0) is 14.8 Å². The maximum absolute atomic E-state index is 13.2. The van der Waals surface area contributed by atoms with Gasteiger partial charge in [-0.1, -0.05) is 0 Å². The van der Waals surface area contributed by atoms with Crippen LogP contribution in [0.4, 0.5) is 10.1 Å². The van der Waals surface area contributed by atoms with Crippen molar-refractivity contribution < 1.29 is 17.5 Å². The summed E-state index contributed by atoms with van der Waals surface area (Å²) in [6.07, 6.45) is 2.61. The highest BCUT2D eigenvalue weighted by Gasteiger charge is 2.42. The van der Waals surface area contributed by atoms with E-state index in [4.69, 9.17) is 10.5 Å². The highest BCUT2D eigenvalue weighted by Crippen LogP contribution is 2.35. The van der Waals surface area contributed by atoms with Crippen molar-refractivity contribution in [2.24, 2.45) is 0 Å². The summed E-state index contributed by atoms with van der Waals surface area (Å²) >= 11 is 0. The van der Waals surface area contributed by atoms with Crippen molar-refractivity contribution in [3.05, 3.63) is 24.0 Å². The van der Waals surface area contributed by atoms with E-state index in [1.165, 1.54) is 6.07 Å². The molecule has 3 N–H and O–H groups in total. The highest BCUT2D eigenvalue weighted by molar-refractivity contribution is 7.89. The average molecular weight is 286 g/mol. The van der Waals surface area contributed by atoms with E-state index in [0.717, 1.165) is 25.0 Å². The molecule has 3 atom stereocenters. The lowest BCUT2D eigenvalue weighted by Crippen LogP contribution is -2.41. The molecule has 2 heterocycles. The Kier molecular flexibility index (Phi) is 2.99. The fourth-order valence-corrected chi connectivity index (χ4v) is 4.11. The third-order valence-corrected chi connectivity index (χ3v) is 5.09. The molecule has 7 heteroatoms. The number of nitrogens with one attached hydrogen (secondary N) is 1. The Morgan fingerprint density at radius 3 is 2.68 bits per heavy atom. The predicted octanol–water partition coefficient (Wildman–Crippen LogP) is 1.01. The minimum atomic E-state index is -3.76. The maximum atomic E-state index is 13.2. The van der Waals surface area contributed by atoms with Crippen molar-refractivity contribution in [1.29, 1.82) is 0 Å². The van der Waals surface area contributed by atoms with Crippen molar-refractivity contribution in [1.82, 2.24) is 4.72 Å². The van der Waals surface area contributed by atoms with E-state index in [1.54, 1.807) is 0 Å². The zero-order valence-electron chi connectivity index (χ0n) is 10.2. The third-order valence-electron chi connectivity index (χ3n) is 3.62. The number of anilines is 1. The van der Waals surface area contributed by atoms with Gasteiger partial charge in [0.1, 0.15) is 5.82 Å². The van der Waals surface area contributed by atoms with Crippen LogP contribution in [0.15, 0.2) is 23.1 Å². The fraction of sp³-hybridized carbons (Fsp3) is 0.500. The molecule has 19 heavy (non-hydrogen) atoms. The Morgan fingerprint density at radius 1 is 1.32 bits per heavy atom. The van der Waals surface area contributed by atoms with Crippen LogP contribution in [0.25, 0.3) is 0 Å². The summed E-state index contributed by atoms with van der Waals surface area (Å²) in [6.45, 7) is 0. The second-order valence-corrected chi connectivity index (χ2v) is 6.77. The zero-order chi connectivity index (χ0) is 13.6. The lowest BCUT2D eigenvalue weighted by atomic mass is 9.96. The number of hydrogen-bond acceptors (Lipinski definition) is 4. The summed E-state index contributed by atoms with van der Waals surface area (Å²) < 4.78 is 45.8. The minimum Gasteiger partial charge on any atom is -0.399 e. The molecule has 1 aromatic carbocycles. The molecule has 1 aromatic rings. The van der Waals surface area contributed by atoms with Gasteiger partial charge in [0, 0.05) is 5.69 Å². The number of hydrogen-bond donors (Lipinski definition) is 2. The van der Waals surface area contributed by atoms with Crippen LogP contribution in [0.2, 0.25) is 0 Å². The first-order valence-electron chi connectivity index (χ1n) is 6.18. The number of sulfonamides is 1. The lowest BCUT2D eigenvalue weighted by molar-refractivity contribution is 0.0996. The Hall–Kier alpha value is -1.18. The molecule has 0 saturated carbocycles. The molecule has 2 bridgehead atoms. The van der Waals surface area contributed by atoms with Gasteiger partial charge in [0.25, 0.3) is 0 Å². The van der Waals surface area contributed by atoms with Gasteiger partial charge in [0.05, 0.1) is 23.1 Å². The number of rotatable bonds is 3. The smallest absolute Gasteiger partial charge is 0.241 e. The molecule has 3 unspecified atom stereocenters. The minimum absolute atomic E-state index is 0.0642. The Bertz CT molecular complexity index is 585. The van der Waals surface area contributed by atoms with Gasteiger partial charge < -0.3 is 10.5 Å². The van der Waals surface area contributed by atoms with E-state index in [2.05, 4.69) is 4.72 Å². The molecule has 2 fully saturated rings. The van der Waals surface area contributed by atoms with Crippen molar-refractivity contribution in [3.8, 4) is 0 Å². The molecular weight excluding hydrogens is 271 g/mol. The summed E-state index contributed by atoms with van der Waals surface area (Å²) in [4.78, 5) is -0.146. The van der Waals surface area contributed by atoms with Crippen molar-refractivity contribution in [3.63, 3.8) is 0 Å². The monoisotopic (exact) mass is 286 g/mol. The molecular formula is C12H15FN2O3S. The van der Waals surface area contributed by atoms with Crippen LogP contribution in [0, 0.1) is 5.82 Å². The molecule has 0 radical (unpaired) electrons. The molecule has 0 spiro atoms. The molecule has 0 amide bonds. The first-order chi connectivity index (χ1) is 8.94. The quantitative estimate of drug-likeness (QED) is 0.812. The average Bonchev–Trinajstić information content (AvgIpc) is 2.88. The first-order valence-corrected chi connectivity index (χ1v) is 7.66. The van der Waals surface area contributed by atoms with Crippen LogP contribution in [-0.4, -0.2) is 26.7 Å². The van der Waals surface area contributed by atoms with Gasteiger partial charge in [-0.05, 0) is 37.5 Å². The van der Waals surface area contributed by atoms with Gasteiger partial charge in [-0.15, -0.1) is 0 Å². The Balaban J connectivity index is 1.82. The number of nitrogens with two attached hydrogens (primary N) is 1. The molecule has 5 nitrogen and oxygen atoms in total. The van der Waals surface area contributed by atoms with Gasteiger partial charge in [0.2, 0.25) is 10.0 Å². The normalized spacial score (nSPS) is 29.8. The lowest BCUT2D eigenvalue weighted by Gasteiger charge is -2.20. The van der Waals surface area contributed by atoms with Crippen LogP contribution in [0.5, 0.6) is 0 Å². The molecule has 2 aliphatic rings. The number of nitrogen functional groups attached to an aromatic ring is 1. The van der Waals surface area contributed by atoms with Crippen molar-refractivity contribution in [2.45, 2.75) is 42.4 Å². The van der Waals surface area contributed by atoms with Gasteiger partial charge in [0.15, 0.2) is 0 Å². The highest BCUT2D eigenvalue weighted by atomic mass is 32.2. The van der Waals surface area contributed by atoms with E-state index in [9.17, 15) is 12.8 Å². The number of ether oxygens (including phenoxy) is 1. The molecule has 2 aliphatic heterocycles. The van der Waals surface area contributed by atoms with Gasteiger partial charge >= 0.3 is 0 Å². The Labute approximate surface area is 111 Å². The van der Waals surface area contributed by atoms with E-state index in [-0.39, 0.29) is 28.8 Å². The first kappa shape index (κ1) is 12.8. The topological polar surface area (TPSA) is 81.4 Å². The van der Waals surface area contributed by atoms with Crippen molar-refractivity contribution in [2.75, 3.05) is 5.73 Å². The van der Waals surface area contributed by atoms with E-state index >= 15 is 0 Å². The van der Waals surface area contributed by atoms with Crippen LogP contribution >= 0.6 is 0 Å². The molecule has 104 valence electrons. The summed E-state index contributed by atoms with van der Waals surface area (Å²) in [5, 5.41) is 0. The Morgan fingerprint density at radius 2 is 2.11 bits per heavy atom. The second kappa shape index (κ2) is 4.43. The number of benzene rings is 1. The van der Waals surface area contributed by atoms with Crippen LogP contribution < -0.4 is 10.5 Å². The molecule has 2 saturated heterocycles. The van der Waals surface area contributed by atoms with Gasteiger partial charge in [-0.25, -0.2) is 17.5 Å². The molecule has 3 rings (SSSR count). The van der Waals surface area contributed by atoms with Gasteiger partial charge in [-0.3, -0.25) is 0 Å². The van der Waals surface area contributed by atoms with E-state index < -0.39 is 15.8 Å². The zero-order valence-corrected chi connectivity index (χ0v) is 11.0. The van der Waals surface area contributed by atoms with Gasteiger partial charge in [-0.2, -0.15) is 0 Å². The third kappa shape index (κ3) is 2.45. The summed E-state index contributed by atoms with van der Waals surface area (Å²) in [5.74, 6) is -0.662. The molecule has 0 aromatic heterocycles. The molecule has 0 aliphatic carbocycles. The van der Waals surface area contributed by atoms with E-state index in [0.29, 0.717) is 6.42 Å². The standard InChI is InChI=1S/C12H15FN2O3S/c13-7-3-8(14)5-10(4-7)19(16,17)15-11-6-9-1-2-12(11)18-9/h3-5,9,11-12,15H,1-2,6,14H2. The number of fused-ring (bicyclic) bond motifs is 2. The second-order valence-electron chi connectivity index (χ2n) is 5.06. The maximum Gasteiger partial charge on any atom is 0.241 e. The predicted molar refractivity (Wildman–Crippen MR) is 67.4 cm³/mol. The fourth-order valence-electron chi connectivity index (χ4n) is 2.77. The SMILES string of the molecule is Nc1cc(F)cc(S(=O)(=O)NC2CC3CCC2O3)c1. The summed E-state index contributed by atoms with van der Waals surface area (Å²) in [5.41, 5.74) is 5.56. The van der Waals surface area contributed by atoms with Crippen LogP contribution in [0.1, 0.15) is 19.3 Å². The van der Waals surface area contributed by atoms with Crippen LogP contribution in [0.3, 0.4) is 0 Å². The summed E-state index contributed by atoms with van der Waals surface area (Å²) in [7, 11) is -3.76. The number of halogens is 1.